The first-order chi connectivity index (χ1) is 39.1. The standard InChI is InChI=1S/C72H142O7/c1-9-17-25-33-37-39-43-49-57-67(74-61-53-45-29-21-13-5)71(76-63-55-47-31-23-15-7)69(59-51-41-35-27-19-11-3)78-65-73-66-79-70(60-52-42-36-28-20-12-4)72(77-64-56-48-32-24-16-8)68(75-62-54-46-30-22-14-6)58-50-44-40-38-34-26-18-10-2/h69-70H,9-66H2,1-8H3. The van der Waals surface area contributed by atoms with Gasteiger partial charge in [-0.2, -0.15) is 0 Å². The van der Waals surface area contributed by atoms with Gasteiger partial charge in [-0.1, -0.05) is 325 Å². The maximum absolute atomic E-state index is 7.00. The minimum atomic E-state index is -0.222. The van der Waals surface area contributed by atoms with Gasteiger partial charge in [-0.25, -0.2) is 0 Å². The van der Waals surface area contributed by atoms with Gasteiger partial charge in [0.25, 0.3) is 0 Å². The van der Waals surface area contributed by atoms with Gasteiger partial charge in [0.2, 0.25) is 0 Å². The Labute approximate surface area is 495 Å². The molecule has 0 amide bonds. The molecule has 0 fully saturated rings. The van der Waals surface area contributed by atoms with Crippen molar-refractivity contribution < 1.29 is 33.2 Å². The number of hydrogen-bond acceptors (Lipinski definition) is 7. The molecule has 0 aliphatic carbocycles. The van der Waals surface area contributed by atoms with E-state index in [-0.39, 0.29) is 25.8 Å². The molecule has 0 aliphatic rings. The lowest BCUT2D eigenvalue weighted by atomic mass is 10.0. The topological polar surface area (TPSA) is 64.6 Å². The molecule has 7 heteroatoms. The molecule has 0 rings (SSSR count). The van der Waals surface area contributed by atoms with Crippen LogP contribution >= 0.6 is 0 Å². The number of rotatable bonds is 68. The van der Waals surface area contributed by atoms with Gasteiger partial charge in [0.15, 0.2) is 25.1 Å². The van der Waals surface area contributed by atoms with Crippen molar-refractivity contribution in [3.63, 3.8) is 0 Å². The molecule has 0 aromatic rings. The predicted molar refractivity (Wildman–Crippen MR) is 344 cm³/mol. The van der Waals surface area contributed by atoms with E-state index in [1.54, 1.807) is 0 Å². The lowest BCUT2D eigenvalue weighted by Crippen LogP contribution is -2.25. The molecule has 0 spiro atoms. The fourth-order valence-corrected chi connectivity index (χ4v) is 10.8. The Kier molecular flexibility index (Phi) is 64.5. The van der Waals surface area contributed by atoms with E-state index < -0.39 is 0 Å². The van der Waals surface area contributed by atoms with Crippen LogP contribution in [0.15, 0.2) is 23.0 Å². The molecular weight excluding hydrogens is 977 g/mol. The fraction of sp³-hybridized carbons (Fsp3) is 0.944. The van der Waals surface area contributed by atoms with E-state index in [2.05, 4.69) is 55.4 Å². The first-order valence-corrected chi connectivity index (χ1v) is 35.9. The van der Waals surface area contributed by atoms with Crippen molar-refractivity contribution >= 4 is 0 Å². The van der Waals surface area contributed by atoms with Crippen molar-refractivity contribution in [2.45, 2.75) is 401 Å². The van der Waals surface area contributed by atoms with Crippen LogP contribution in [-0.2, 0) is 33.2 Å². The van der Waals surface area contributed by atoms with Gasteiger partial charge in [-0.05, 0) is 51.4 Å². The minimum Gasteiger partial charge on any atom is -0.494 e. The average Bonchev–Trinajstić information content (AvgIpc) is 3.46. The molecule has 0 heterocycles. The SMILES string of the molecule is CCCCCCCCCCC(OCCCCCCC)=C(OCCCCCCC)C(CCCCCCCC)OCOCOC(CCCCCCCC)C(OCCCCCCC)=C(CCCCCCCCCC)OCCCCCCC. The van der Waals surface area contributed by atoms with Crippen LogP contribution in [-0.4, -0.2) is 52.2 Å². The van der Waals surface area contributed by atoms with E-state index in [0.29, 0.717) is 13.2 Å². The average molecular weight is 1120 g/mol. The van der Waals surface area contributed by atoms with Crippen LogP contribution in [0, 0.1) is 0 Å². The van der Waals surface area contributed by atoms with Crippen LogP contribution in [0.3, 0.4) is 0 Å². The molecule has 0 saturated heterocycles. The molecule has 0 aliphatic heterocycles. The van der Waals surface area contributed by atoms with Crippen LogP contribution in [0.4, 0.5) is 0 Å². The molecule has 2 unspecified atom stereocenters. The summed E-state index contributed by atoms with van der Waals surface area (Å²) < 4.78 is 48.2. The summed E-state index contributed by atoms with van der Waals surface area (Å²) in [4.78, 5) is 0. The second-order valence-electron chi connectivity index (χ2n) is 23.9. The molecule has 0 bridgehead atoms. The molecule has 0 aromatic heterocycles. The Hall–Kier alpha value is -1.44. The maximum Gasteiger partial charge on any atom is 0.162 e. The third-order valence-electron chi connectivity index (χ3n) is 16.1. The predicted octanol–water partition coefficient (Wildman–Crippen LogP) is 24.6. The summed E-state index contributed by atoms with van der Waals surface area (Å²) >= 11 is 0. The molecule has 0 saturated carbocycles. The molecular formula is C72H142O7. The van der Waals surface area contributed by atoms with Crippen molar-refractivity contribution in [1.82, 2.24) is 0 Å². The highest BCUT2D eigenvalue weighted by Gasteiger charge is 2.26. The number of allylic oxidation sites excluding steroid dienone is 2. The highest BCUT2D eigenvalue weighted by atomic mass is 16.7. The molecule has 2 atom stereocenters. The lowest BCUT2D eigenvalue weighted by molar-refractivity contribution is -0.167. The Bertz CT molecular complexity index is 1140. The summed E-state index contributed by atoms with van der Waals surface area (Å²) in [6.07, 6.45) is 63.0. The Morgan fingerprint density at radius 3 is 0.709 bits per heavy atom. The second kappa shape index (κ2) is 65.7. The molecule has 7 nitrogen and oxygen atoms in total. The summed E-state index contributed by atoms with van der Waals surface area (Å²) in [5, 5.41) is 0. The van der Waals surface area contributed by atoms with Crippen LogP contribution < -0.4 is 0 Å². The van der Waals surface area contributed by atoms with E-state index in [4.69, 9.17) is 33.2 Å². The molecule has 472 valence electrons. The van der Waals surface area contributed by atoms with Crippen LogP contribution in [0.1, 0.15) is 389 Å². The summed E-state index contributed by atoms with van der Waals surface area (Å²) in [7, 11) is 0. The summed E-state index contributed by atoms with van der Waals surface area (Å²) in [5.74, 6) is 3.97. The van der Waals surface area contributed by atoms with Gasteiger partial charge in [0.1, 0.15) is 23.7 Å². The van der Waals surface area contributed by atoms with E-state index in [1.165, 1.54) is 257 Å². The van der Waals surface area contributed by atoms with Crippen molar-refractivity contribution in [3.8, 4) is 0 Å². The van der Waals surface area contributed by atoms with Crippen molar-refractivity contribution in [3.05, 3.63) is 23.0 Å². The van der Waals surface area contributed by atoms with Crippen LogP contribution in [0.5, 0.6) is 0 Å². The number of unbranched alkanes of at least 4 members (excludes halogenated alkanes) is 40. The third kappa shape index (κ3) is 51.9. The molecule has 0 aromatic carbocycles. The van der Waals surface area contributed by atoms with Gasteiger partial charge >= 0.3 is 0 Å². The Morgan fingerprint density at radius 1 is 0.228 bits per heavy atom. The number of hydrogen-bond donors (Lipinski definition) is 0. The van der Waals surface area contributed by atoms with Gasteiger partial charge in [0.05, 0.1) is 26.4 Å². The first-order valence-electron chi connectivity index (χ1n) is 35.9. The normalized spacial score (nSPS) is 13.2. The molecule has 0 N–H and O–H groups in total. The van der Waals surface area contributed by atoms with Gasteiger partial charge in [-0.3, -0.25) is 0 Å². The van der Waals surface area contributed by atoms with Gasteiger partial charge in [0, 0.05) is 12.8 Å². The largest absolute Gasteiger partial charge is 0.494 e. The highest BCUT2D eigenvalue weighted by Crippen LogP contribution is 2.29. The van der Waals surface area contributed by atoms with E-state index in [9.17, 15) is 0 Å². The zero-order chi connectivity index (χ0) is 57.4. The lowest BCUT2D eigenvalue weighted by Gasteiger charge is -2.26. The molecule has 0 radical (unpaired) electrons. The molecule has 79 heavy (non-hydrogen) atoms. The highest BCUT2D eigenvalue weighted by molar-refractivity contribution is 5.09. The number of ether oxygens (including phenoxy) is 7. The van der Waals surface area contributed by atoms with Gasteiger partial charge < -0.3 is 33.2 Å². The summed E-state index contributed by atoms with van der Waals surface area (Å²) in [5.41, 5.74) is 0. The van der Waals surface area contributed by atoms with E-state index >= 15 is 0 Å². The smallest absolute Gasteiger partial charge is 0.162 e. The van der Waals surface area contributed by atoms with Crippen LogP contribution in [0.2, 0.25) is 0 Å². The third-order valence-corrected chi connectivity index (χ3v) is 16.1. The fourth-order valence-electron chi connectivity index (χ4n) is 10.8. The Balaban J connectivity index is 6.99. The Morgan fingerprint density at radius 2 is 0.443 bits per heavy atom. The summed E-state index contributed by atoms with van der Waals surface area (Å²) in [6, 6.07) is 0. The van der Waals surface area contributed by atoms with Crippen molar-refractivity contribution in [2.24, 2.45) is 0 Å². The van der Waals surface area contributed by atoms with Gasteiger partial charge in [-0.15, -0.1) is 0 Å². The first kappa shape index (κ1) is 77.6. The van der Waals surface area contributed by atoms with Crippen molar-refractivity contribution in [2.75, 3.05) is 40.0 Å². The monoisotopic (exact) mass is 1120 g/mol. The second-order valence-corrected chi connectivity index (χ2v) is 23.9. The zero-order valence-corrected chi connectivity index (χ0v) is 55.0. The maximum atomic E-state index is 7.00. The van der Waals surface area contributed by atoms with Crippen molar-refractivity contribution in [1.29, 1.82) is 0 Å². The zero-order valence-electron chi connectivity index (χ0n) is 55.0. The van der Waals surface area contributed by atoms with E-state index in [1.807, 2.05) is 0 Å². The minimum absolute atomic E-state index is 0.145. The van der Waals surface area contributed by atoms with Crippen LogP contribution in [0.25, 0.3) is 0 Å². The summed E-state index contributed by atoms with van der Waals surface area (Å²) in [6.45, 7) is 21.6. The van der Waals surface area contributed by atoms with E-state index in [0.717, 1.165) is 113 Å². The quantitative estimate of drug-likeness (QED) is 0.0342.